The van der Waals surface area contributed by atoms with Crippen LogP contribution in [0.2, 0.25) is 0 Å². The van der Waals surface area contributed by atoms with Gasteiger partial charge >= 0.3 is 6.09 Å². The zero-order valence-corrected chi connectivity index (χ0v) is 17.3. The van der Waals surface area contributed by atoms with E-state index in [4.69, 9.17) is 4.74 Å². The van der Waals surface area contributed by atoms with Gasteiger partial charge in [0.25, 0.3) is 0 Å². The minimum absolute atomic E-state index is 0.268. The number of carbonyl (C=O) groups is 1. The topological polar surface area (TPSA) is 73.8 Å². The Morgan fingerprint density at radius 2 is 1.97 bits per heavy atom. The Balaban J connectivity index is 1.51. The maximum absolute atomic E-state index is 12.4. The number of ether oxygens (including phenoxy) is 1. The van der Waals surface area contributed by atoms with E-state index in [2.05, 4.69) is 25.1 Å². The van der Waals surface area contributed by atoms with Crippen molar-refractivity contribution in [2.75, 3.05) is 63.6 Å². The maximum atomic E-state index is 12.4. The van der Waals surface area contributed by atoms with E-state index in [1.54, 1.807) is 11.1 Å². The van der Waals surface area contributed by atoms with Crippen molar-refractivity contribution in [3.63, 3.8) is 0 Å². The van der Waals surface area contributed by atoms with Crippen molar-refractivity contribution in [1.29, 1.82) is 0 Å². The number of nitrogens with one attached hydrogen (secondary N) is 1. The van der Waals surface area contributed by atoms with Gasteiger partial charge in [-0.1, -0.05) is 30.3 Å². The van der Waals surface area contributed by atoms with Crippen LogP contribution in [0.1, 0.15) is 12.0 Å². The Labute approximate surface area is 172 Å². The summed E-state index contributed by atoms with van der Waals surface area (Å²) in [6.07, 6.45) is 2.36. The molecule has 1 aromatic carbocycles. The van der Waals surface area contributed by atoms with Crippen LogP contribution in [0.4, 0.5) is 16.6 Å². The monoisotopic (exact) mass is 398 g/mol. The molecule has 156 valence electrons. The second-order valence-corrected chi connectivity index (χ2v) is 7.34. The van der Waals surface area contributed by atoms with Crippen LogP contribution >= 0.6 is 0 Å². The van der Waals surface area contributed by atoms with E-state index in [1.807, 2.05) is 50.5 Å². The van der Waals surface area contributed by atoms with E-state index in [-0.39, 0.29) is 6.09 Å². The third kappa shape index (κ3) is 6.60. The molecule has 29 heavy (non-hydrogen) atoms. The van der Waals surface area contributed by atoms with Gasteiger partial charge in [0.1, 0.15) is 12.4 Å². The zero-order chi connectivity index (χ0) is 20.5. The van der Waals surface area contributed by atoms with Crippen LogP contribution in [-0.4, -0.2) is 79.2 Å². The van der Waals surface area contributed by atoms with Gasteiger partial charge in [-0.05, 0) is 32.1 Å². The number of likely N-dealkylation sites (N-methyl/N-ethyl adjacent to an activating group) is 1. The Kier molecular flexibility index (Phi) is 7.63. The Morgan fingerprint density at radius 3 is 2.76 bits per heavy atom. The van der Waals surface area contributed by atoms with Crippen LogP contribution in [0.3, 0.4) is 0 Å². The fourth-order valence-electron chi connectivity index (χ4n) is 3.12. The van der Waals surface area contributed by atoms with Crippen LogP contribution in [0.5, 0.6) is 0 Å². The average molecular weight is 399 g/mol. The Bertz CT molecular complexity index is 771. The van der Waals surface area contributed by atoms with Gasteiger partial charge in [0.15, 0.2) is 0 Å². The number of rotatable bonds is 7. The van der Waals surface area contributed by atoms with Crippen molar-refractivity contribution in [2.24, 2.45) is 0 Å². The third-order valence-corrected chi connectivity index (χ3v) is 4.75. The smallest absolute Gasteiger partial charge is 0.410 e. The maximum Gasteiger partial charge on any atom is 0.410 e. The van der Waals surface area contributed by atoms with E-state index < -0.39 is 0 Å². The lowest BCUT2D eigenvalue weighted by Gasteiger charge is -2.22. The number of benzene rings is 1. The molecule has 0 aliphatic carbocycles. The van der Waals surface area contributed by atoms with Gasteiger partial charge in [-0.2, -0.15) is 4.98 Å². The summed E-state index contributed by atoms with van der Waals surface area (Å²) in [6.45, 7) is 4.81. The first-order chi connectivity index (χ1) is 14.1. The summed E-state index contributed by atoms with van der Waals surface area (Å²) in [4.78, 5) is 27.5. The van der Waals surface area contributed by atoms with Gasteiger partial charge in [-0.15, -0.1) is 0 Å². The van der Waals surface area contributed by atoms with Gasteiger partial charge in [0, 0.05) is 45.5 Å². The predicted molar refractivity (Wildman–Crippen MR) is 114 cm³/mol. The number of hydrogen-bond donors (Lipinski definition) is 1. The van der Waals surface area contributed by atoms with Crippen LogP contribution in [0.25, 0.3) is 0 Å². The molecule has 0 radical (unpaired) electrons. The molecular weight excluding hydrogens is 368 g/mol. The summed E-state index contributed by atoms with van der Waals surface area (Å²) >= 11 is 0. The normalized spacial score (nSPS) is 14.6. The van der Waals surface area contributed by atoms with Gasteiger partial charge in [-0.25, -0.2) is 9.78 Å². The molecule has 8 nitrogen and oxygen atoms in total. The number of hydrogen-bond acceptors (Lipinski definition) is 7. The highest BCUT2D eigenvalue weighted by atomic mass is 16.6. The Hall–Kier alpha value is -2.87. The highest BCUT2D eigenvalue weighted by Gasteiger charge is 2.21. The van der Waals surface area contributed by atoms with Crippen molar-refractivity contribution < 1.29 is 9.53 Å². The number of carbonyl (C=O) groups excluding carboxylic acids is 1. The van der Waals surface area contributed by atoms with Crippen molar-refractivity contribution in [1.82, 2.24) is 19.8 Å². The highest BCUT2D eigenvalue weighted by Crippen LogP contribution is 2.14. The third-order valence-electron chi connectivity index (χ3n) is 4.75. The lowest BCUT2D eigenvalue weighted by atomic mass is 10.2. The molecule has 1 N–H and O–H groups in total. The molecule has 1 aliphatic heterocycles. The number of anilines is 2. The molecular formula is C21H30N6O2. The molecule has 0 spiro atoms. The predicted octanol–water partition coefficient (Wildman–Crippen LogP) is 2.30. The van der Waals surface area contributed by atoms with Crippen LogP contribution in [0, 0.1) is 0 Å². The minimum atomic E-state index is -0.268. The standard InChI is InChI=1S/C21H30N6O2/c1-25(2)14-11-22-19-9-10-23-20(24-19)26-12-6-13-27(16-15-26)21(28)29-17-18-7-4-3-5-8-18/h3-5,7-10H,6,11-17H2,1-2H3,(H,22,23,24). The second-order valence-electron chi connectivity index (χ2n) is 7.34. The summed E-state index contributed by atoms with van der Waals surface area (Å²) in [6, 6.07) is 11.6. The SMILES string of the molecule is CN(C)CCNc1ccnc(N2CCCN(C(=O)OCc3ccccc3)CC2)n1. The van der Waals surface area contributed by atoms with Crippen molar-refractivity contribution in [2.45, 2.75) is 13.0 Å². The fraction of sp³-hybridized carbons (Fsp3) is 0.476. The number of nitrogens with zero attached hydrogens (tertiary/aromatic N) is 5. The molecule has 8 heteroatoms. The molecule has 3 rings (SSSR count). The number of amides is 1. The molecule has 1 amide bonds. The molecule has 2 aromatic rings. The molecule has 0 atom stereocenters. The molecule has 0 bridgehead atoms. The van der Waals surface area contributed by atoms with Crippen LogP contribution in [0.15, 0.2) is 42.6 Å². The first-order valence-corrected chi connectivity index (χ1v) is 10.0. The van der Waals surface area contributed by atoms with E-state index in [1.165, 1.54) is 0 Å². The average Bonchev–Trinajstić information content (AvgIpc) is 2.99. The highest BCUT2D eigenvalue weighted by molar-refractivity contribution is 5.67. The second kappa shape index (κ2) is 10.6. The molecule has 0 saturated carbocycles. The molecule has 1 fully saturated rings. The van der Waals surface area contributed by atoms with Gasteiger partial charge in [0.05, 0.1) is 0 Å². The van der Waals surface area contributed by atoms with E-state index >= 15 is 0 Å². The van der Waals surface area contributed by atoms with Crippen molar-refractivity contribution in [3.05, 3.63) is 48.2 Å². The first kappa shape index (κ1) is 20.9. The first-order valence-electron chi connectivity index (χ1n) is 10.0. The minimum Gasteiger partial charge on any atom is -0.445 e. The van der Waals surface area contributed by atoms with Gasteiger partial charge in [0.2, 0.25) is 5.95 Å². The molecule has 1 saturated heterocycles. The summed E-state index contributed by atoms with van der Waals surface area (Å²) in [5, 5.41) is 3.33. The van der Waals surface area contributed by atoms with E-state index in [0.717, 1.165) is 37.4 Å². The van der Waals surface area contributed by atoms with Gasteiger partial charge < -0.3 is 24.8 Å². The lowest BCUT2D eigenvalue weighted by Crippen LogP contribution is -2.36. The van der Waals surface area contributed by atoms with E-state index in [0.29, 0.717) is 32.2 Å². The summed E-state index contributed by atoms with van der Waals surface area (Å²) < 4.78 is 5.47. The van der Waals surface area contributed by atoms with Crippen molar-refractivity contribution >= 4 is 17.9 Å². The summed E-state index contributed by atoms with van der Waals surface area (Å²) in [5.74, 6) is 1.51. The lowest BCUT2D eigenvalue weighted by molar-refractivity contribution is 0.0986. The van der Waals surface area contributed by atoms with E-state index in [9.17, 15) is 4.79 Å². The van der Waals surface area contributed by atoms with Gasteiger partial charge in [-0.3, -0.25) is 0 Å². The van der Waals surface area contributed by atoms with Crippen LogP contribution in [-0.2, 0) is 11.3 Å². The summed E-state index contributed by atoms with van der Waals surface area (Å²) in [5.41, 5.74) is 0.990. The fourth-order valence-corrected chi connectivity index (χ4v) is 3.12. The molecule has 1 aromatic heterocycles. The molecule has 1 aliphatic rings. The molecule has 2 heterocycles. The van der Waals surface area contributed by atoms with Crippen LogP contribution < -0.4 is 10.2 Å². The zero-order valence-electron chi connectivity index (χ0n) is 17.3. The summed E-state index contributed by atoms with van der Waals surface area (Å²) in [7, 11) is 4.09. The molecule has 0 unspecified atom stereocenters. The Morgan fingerprint density at radius 1 is 1.14 bits per heavy atom. The quantitative estimate of drug-likeness (QED) is 0.767. The largest absolute Gasteiger partial charge is 0.445 e. The number of aromatic nitrogens is 2. The van der Waals surface area contributed by atoms with Crippen molar-refractivity contribution in [3.8, 4) is 0 Å².